The van der Waals surface area contributed by atoms with E-state index in [4.69, 9.17) is 16.5 Å². The van der Waals surface area contributed by atoms with E-state index in [1.807, 2.05) is 0 Å². The largest absolute Gasteiger partial charge is 0.538 e. The molecule has 1 aromatic rings. The third-order valence-corrected chi connectivity index (χ3v) is 1.17. The third-order valence-electron chi connectivity index (χ3n) is 1.08. The lowest BCUT2D eigenvalue weighted by atomic mass is 10.3. The number of hydrogen-bond acceptors (Lipinski definition) is 2. The van der Waals surface area contributed by atoms with Crippen LogP contribution in [0.25, 0.3) is 0 Å². The van der Waals surface area contributed by atoms with Crippen LogP contribution in [-0.2, 0) is 4.21 Å². The smallest absolute Gasteiger partial charge is 0.523 e. The van der Waals surface area contributed by atoms with Gasteiger partial charge < -0.3 is 4.65 Å². The van der Waals surface area contributed by atoms with Crippen molar-refractivity contribution in [2.24, 2.45) is 0 Å². The summed E-state index contributed by atoms with van der Waals surface area (Å²) in [5.74, 6) is 0.219. The highest BCUT2D eigenvalue weighted by atomic mass is 35.5. The summed E-state index contributed by atoms with van der Waals surface area (Å²) in [6.45, 7) is 0. The first-order valence-corrected chi connectivity index (χ1v) is 3.25. The molecule has 0 saturated carbocycles. The Labute approximate surface area is 69.4 Å². The summed E-state index contributed by atoms with van der Waals surface area (Å²) in [6.07, 6.45) is 0. The summed E-state index contributed by atoms with van der Waals surface area (Å²) in [4.78, 5) is 0. The van der Waals surface area contributed by atoms with E-state index in [1.54, 1.807) is 0 Å². The quantitative estimate of drug-likeness (QED) is 0.649. The van der Waals surface area contributed by atoms with Gasteiger partial charge in [-0.15, -0.1) is 0 Å². The van der Waals surface area contributed by atoms with Crippen LogP contribution in [0.5, 0.6) is 5.75 Å². The summed E-state index contributed by atoms with van der Waals surface area (Å²) in [6, 6.07) is 5.57. The summed E-state index contributed by atoms with van der Waals surface area (Å²) in [5.41, 5.74) is 0. The molecule has 0 spiro atoms. The van der Waals surface area contributed by atoms with Gasteiger partial charge in [-0.25, -0.2) is 4.39 Å². The van der Waals surface area contributed by atoms with Crippen LogP contribution in [0.4, 0.5) is 4.39 Å². The van der Waals surface area contributed by atoms with Crippen molar-refractivity contribution in [1.29, 1.82) is 0 Å². The van der Waals surface area contributed by atoms with Gasteiger partial charge in [0, 0.05) is 11.9 Å². The first-order valence-electron chi connectivity index (χ1n) is 2.95. The van der Waals surface area contributed by atoms with Crippen molar-refractivity contribution >= 4 is 19.6 Å². The Morgan fingerprint density at radius 3 is 2.45 bits per heavy atom. The number of halogens is 2. The van der Waals surface area contributed by atoms with Crippen LogP contribution in [0, 0.1) is 5.82 Å². The van der Waals surface area contributed by atoms with Crippen molar-refractivity contribution in [3.63, 3.8) is 0 Å². The van der Waals surface area contributed by atoms with E-state index in [2.05, 4.69) is 4.21 Å². The second-order valence-corrected chi connectivity index (χ2v) is 2.04. The van der Waals surface area contributed by atoms with Crippen molar-refractivity contribution in [3.05, 3.63) is 30.1 Å². The average Bonchev–Trinajstić information content (AvgIpc) is 2.04. The standard InChI is InChI=1S/C6H5BClFO2/c8-11-7-10-6-3-1-5(9)2-4-6/h1-4,7H. The zero-order valence-electron chi connectivity index (χ0n) is 5.59. The van der Waals surface area contributed by atoms with E-state index in [-0.39, 0.29) is 13.5 Å². The van der Waals surface area contributed by atoms with Gasteiger partial charge in [0.2, 0.25) is 0 Å². The van der Waals surface area contributed by atoms with Crippen LogP contribution < -0.4 is 4.65 Å². The predicted octanol–water partition coefficient (Wildman–Crippen LogP) is 1.64. The second-order valence-electron chi connectivity index (χ2n) is 1.83. The molecular weight excluding hydrogens is 169 g/mol. The Morgan fingerprint density at radius 2 is 1.91 bits per heavy atom. The van der Waals surface area contributed by atoms with Crippen LogP contribution in [0.3, 0.4) is 0 Å². The lowest BCUT2D eigenvalue weighted by molar-refractivity contribution is 0.482. The highest BCUT2D eigenvalue weighted by Gasteiger charge is 1.94. The maximum absolute atomic E-state index is 12.3. The first kappa shape index (κ1) is 8.36. The van der Waals surface area contributed by atoms with Crippen molar-refractivity contribution in [2.45, 2.75) is 0 Å². The fourth-order valence-corrected chi connectivity index (χ4v) is 0.666. The summed E-state index contributed by atoms with van der Waals surface area (Å²) < 4.78 is 21.3. The highest BCUT2D eigenvalue weighted by molar-refractivity contribution is 6.31. The van der Waals surface area contributed by atoms with Gasteiger partial charge in [-0.3, -0.25) is 4.21 Å². The molecule has 1 rings (SSSR count). The molecule has 2 nitrogen and oxygen atoms in total. The minimum Gasteiger partial charge on any atom is -0.538 e. The SMILES string of the molecule is Fc1ccc(OBOCl)cc1. The zero-order chi connectivity index (χ0) is 8.10. The van der Waals surface area contributed by atoms with Gasteiger partial charge in [0.05, 0.1) is 0 Å². The Hall–Kier alpha value is -0.735. The van der Waals surface area contributed by atoms with E-state index in [0.717, 1.165) is 0 Å². The molecule has 58 valence electrons. The molecular formula is C6H5BClFO2. The fraction of sp³-hybridized carbons (Fsp3) is 0. The second kappa shape index (κ2) is 4.21. The van der Waals surface area contributed by atoms with E-state index in [9.17, 15) is 4.39 Å². The van der Waals surface area contributed by atoms with Crippen LogP contribution in [0.2, 0.25) is 0 Å². The Balaban J connectivity index is 2.52. The Kier molecular flexibility index (Phi) is 3.20. The number of rotatable bonds is 3. The van der Waals surface area contributed by atoms with Gasteiger partial charge in [0.15, 0.2) is 0 Å². The van der Waals surface area contributed by atoms with Crippen molar-refractivity contribution in [1.82, 2.24) is 0 Å². The van der Waals surface area contributed by atoms with Gasteiger partial charge in [-0.1, -0.05) is 0 Å². The molecule has 5 heteroatoms. The summed E-state index contributed by atoms with van der Waals surface area (Å²) >= 11 is 4.88. The van der Waals surface area contributed by atoms with Crippen LogP contribution in [0.1, 0.15) is 0 Å². The highest BCUT2D eigenvalue weighted by Crippen LogP contribution is 2.10. The molecule has 1 aromatic carbocycles. The zero-order valence-corrected chi connectivity index (χ0v) is 6.34. The maximum atomic E-state index is 12.3. The molecule has 0 atom stereocenters. The van der Waals surface area contributed by atoms with Crippen molar-refractivity contribution in [3.8, 4) is 5.75 Å². The predicted molar refractivity (Wildman–Crippen MR) is 41.1 cm³/mol. The molecule has 0 heterocycles. The summed E-state index contributed by atoms with van der Waals surface area (Å²) in [7, 11) is -0.0484. The molecule has 0 aliphatic rings. The first-order chi connectivity index (χ1) is 5.33. The fourth-order valence-electron chi connectivity index (χ4n) is 0.621. The van der Waals surface area contributed by atoms with Crippen molar-refractivity contribution < 1.29 is 13.3 Å². The molecule has 0 unspecified atom stereocenters. The van der Waals surface area contributed by atoms with Crippen LogP contribution >= 0.6 is 11.9 Å². The average molecular weight is 174 g/mol. The molecule has 0 N–H and O–H groups in total. The van der Waals surface area contributed by atoms with Gasteiger partial charge in [-0.2, -0.15) is 0 Å². The van der Waals surface area contributed by atoms with E-state index < -0.39 is 0 Å². The van der Waals surface area contributed by atoms with Gasteiger partial charge in [0.1, 0.15) is 11.6 Å². The number of hydrogen-bond donors (Lipinski definition) is 0. The summed E-state index contributed by atoms with van der Waals surface area (Å²) in [5, 5.41) is 0. The van der Waals surface area contributed by atoms with E-state index in [0.29, 0.717) is 5.75 Å². The monoisotopic (exact) mass is 174 g/mol. The molecule has 0 fully saturated rings. The normalized spacial score (nSPS) is 9.27. The molecule has 0 aromatic heterocycles. The lowest BCUT2D eigenvalue weighted by Crippen LogP contribution is -2.00. The van der Waals surface area contributed by atoms with Gasteiger partial charge in [0.25, 0.3) is 0 Å². The minimum atomic E-state index is -0.302. The minimum absolute atomic E-state index is 0.0484. The van der Waals surface area contributed by atoms with Crippen LogP contribution in [-0.4, -0.2) is 7.69 Å². The van der Waals surface area contributed by atoms with Gasteiger partial charge in [-0.05, 0) is 24.3 Å². The molecule has 0 saturated heterocycles. The Bertz CT molecular complexity index is 216. The van der Waals surface area contributed by atoms with E-state index >= 15 is 0 Å². The molecule has 0 aliphatic carbocycles. The topological polar surface area (TPSA) is 18.5 Å². The molecule has 0 aliphatic heterocycles. The Morgan fingerprint density at radius 1 is 1.27 bits per heavy atom. The lowest BCUT2D eigenvalue weighted by Gasteiger charge is -2.00. The third kappa shape index (κ3) is 2.78. The maximum Gasteiger partial charge on any atom is 0.523 e. The van der Waals surface area contributed by atoms with Gasteiger partial charge >= 0.3 is 7.69 Å². The molecule has 0 bridgehead atoms. The van der Waals surface area contributed by atoms with Crippen molar-refractivity contribution in [2.75, 3.05) is 0 Å². The number of benzene rings is 1. The molecule has 0 amide bonds. The van der Waals surface area contributed by atoms with Crippen LogP contribution in [0.15, 0.2) is 24.3 Å². The molecule has 11 heavy (non-hydrogen) atoms. The molecule has 0 radical (unpaired) electrons. The van der Waals surface area contributed by atoms with E-state index in [1.165, 1.54) is 24.3 Å².